The Morgan fingerprint density at radius 1 is 0.842 bits per heavy atom. The van der Waals surface area contributed by atoms with Crippen LogP contribution in [0.1, 0.15) is 0 Å². The van der Waals surface area contributed by atoms with Gasteiger partial charge in [-0.1, -0.05) is 36.4 Å². The monoisotopic (exact) mass is 270 g/mol. The molecule has 4 nitrogen and oxygen atoms in total. The largest absolute Gasteiger partial charge is 0.240 e. The summed E-state index contributed by atoms with van der Waals surface area (Å²) in [6.45, 7) is 0. The van der Waals surface area contributed by atoms with Gasteiger partial charge in [-0.2, -0.15) is 23.5 Å². The van der Waals surface area contributed by atoms with Gasteiger partial charge in [0.25, 0.3) is 0 Å². The van der Waals surface area contributed by atoms with E-state index in [9.17, 15) is 9.59 Å². The molecule has 0 fully saturated rings. The minimum atomic E-state index is 0. The molecule has 0 bridgehead atoms. The fourth-order valence-corrected chi connectivity index (χ4v) is 1.65. The zero-order valence-electron chi connectivity index (χ0n) is 9.83. The number of aliphatic imine (C=N–C) groups is 2. The lowest BCUT2D eigenvalue weighted by Crippen LogP contribution is -1.78. The van der Waals surface area contributed by atoms with Crippen molar-refractivity contribution in [2.24, 2.45) is 9.98 Å². The molecular weight excluding hydrogens is 260 g/mol. The van der Waals surface area contributed by atoms with Crippen molar-refractivity contribution >= 4 is 37.0 Å². The van der Waals surface area contributed by atoms with Gasteiger partial charge in [-0.15, -0.1) is 0 Å². The van der Waals surface area contributed by atoms with Crippen LogP contribution in [-0.2, 0) is 9.59 Å². The average Bonchev–Trinajstić information content (AvgIpc) is 2.41. The fourth-order valence-electron chi connectivity index (χ4n) is 1.65. The van der Waals surface area contributed by atoms with Gasteiger partial charge in [-0.3, -0.25) is 0 Å². The van der Waals surface area contributed by atoms with Crippen molar-refractivity contribution < 1.29 is 9.59 Å². The average molecular weight is 270 g/mol. The molecule has 0 spiro atoms. The Hall–Kier alpha value is -2.45. The topological polar surface area (TPSA) is 58.9 Å². The van der Waals surface area contributed by atoms with Crippen molar-refractivity contribution in [3.05, 3.63) is 48.5 Å². The number of hydrogen-bond acceptors (Lipinski definition) is 4. The second-order valence-electron chi connectivity index (χ2n) is 3.47. The van der Waals surface area contributed by atoms with Crippen LogP contribution in [0, 0.1) is 0 Å². The SMILES string of the molecule is O=C=Nc1ccc(-c2ccccc2)c(N=C=O)c1.S. The minimum Gasteiger partial charge on any atom is -0.211 e. The van der Waals surface area contributed by atoms with Crippen LogP contribution in [0.2, 0.25) is 0 Å². The molecule has 0 aliphatic heterocycles. The molecule has 0 saturated heterocycles. The van der Waals surface area contributed by atoms with Gasteiger partial charge in [0, 0.05) is 5.56 Å². The zero-order chi connectivity index (χ0) is 12.8. The van der Waals surface area contributed by atoms with Crippen molar-refractivity contribution in [3.63, 3.8) is 0 Å². The van der Waals surface area contributed by atoms with Crippen LogP contribution in [0.4, 0.5) is 11.4 Å². The van der Waals surface area contributed by atoms with Crippen LogP contribution in [0.15, 0.2) is 58.5 Å². The Morgan fingerprint density at radius 2 is 1.53 bits per heavy atom. The van der Waals surface area contributed by atoms with Gasteiger partial charge in [0.2, 0.25) is 12.2 Å². The van der Waals surface area contributed by atoms with Crippen LogP contribution in [0.5, 0.6) is 0 Å². The van der Waals surface area contributed by atoms with Gasteiger partial charge in [0.1, 0.15) is 0 Å². The minimum absolute atomic E-state index is 0. The predicted octanol–water partition coefficient (Wildman–Crippen LogP) is 3.40. The summed E-state index contributed by atoms with van der Waals surface area (Å²) in [5, 5.41) is 0. The Kier molecular flexibility index (Phi) is 5.45. The van der Waals surface area contributed by atoms with Gasteiger partial charge in [0.05, 0.1) is 11.4 Å². The maximum atomic E-state index is 10.4. The molecule has 0 amide bonds. The summed E-state index contributed by atoms with van der Waals surface area (Å²) in [5.41, 5.74) is 2.53. The molecule has 0 unspecified atom stereocenters. The van der Waals surface area contributed by atoms with E-state index in [0.29, 0.717) is 11.4 Å². The van der Waals surface area contributed by atoms with Crippen molar-refractivity contribution in [2.75, 3.05) is 0 Å². The van der Waals surface area contributed by atoms with E-state index in [1.54, 1.807) is 12.1 Å². The summed E-state index contributed by atoms with van der Waals surface area (Å²) in [6, 6.07) is 14.4. The van der Waals surface area contributed by atoms with Crippen LogP contribution in [-0.4, -0.2) is 12.2 Å². The third-order valence-corrected chi connectivity index (χ3v) is 2.41. The fraction of sp³-hybridized carbons (Fsp3) is 0. The molecule has 19 heavy (non-hydrogen) atoms. The molecule has 0 aromatic heterocycles. The number of benzene rings is 2. The summed E-state index contributed by atoms with van der Waals surface area (Å²) in [5.74, 6) is 0. The molecule has 2 aromatic carbocycles. The highest BCUT2D eigenvalue weighted by atomic mass is 32.1. The summed E-state index contributed by atoms with van der Waals surface area (Å²) >= 11 is 0. The van der Waals surface area contributed by atoms with Crippen molar-refractivity contribution in [1.29, 1.82) is 0 Å². The van der Waals surface area contributed by atoms with Crippen LogP contribution in [0.3, 0.4) is 0 Å². The zero-order valence-corrected chi connectivity index (χ0v) is 10.8. The summed E-state index contributed by atoms with van der Waals surface area (Å²) in [6.07, 6.45) is 2.95. The molecule has 2 aromatic rings. The second kappa shape index (κ2) is 7.09. The van der Waals surface area contributed by atoms with Crippen LogP contribution >= 0.6 is 13.5 Å². The Bertz CT molecular complexity index is 658. The first kappa shape index (κ1) is 14.6. The molecule has 0 aliphatic carbocycles. The number of nitrogens with zero attached hydrogens (tertiary/aromatic N) is 2. The highest BCUT2D eigenvalue weighted by molar-refractivity contribution is 7.59. The first-order chi connectivity index (χ1) is 8.85. The maximum absolute atomic E-state index is 10.4. The number of isocyanates is 2. The van der Waals surface area contributed by atoms with Gasteiger partial charge < -0.3 is 0 Å². The smallest absolute Gasteiger partial charge is 0.211 e. The normalized spacial score (nSPS) is 8.63. The summed E-state index contributed by atoms with van der Waals surface area (Å²) < 4.78 is 0. The van der Waals surface area contributed by atoms with Crippen LogP contribution in [0.25, 0.3) is 11.1 Å². The van der Waals surface area contributed by atoms with Crippen molar-refractivity contribution in [2.45, 2.75) is 0 Å². The second-order valence-corrected chi connectivity index (χ2v) is 3.47. The lowest BCUT2D eigenvalue weighted by atomic mass is 10.0. The third-order valence-electron chi connectivity index (χ3n) is 2.41. The third kappa shape index (κ3) is 3.50. The van der Waals surface area contributed by atoms with E-state index in [4.69, 9.17) is 0 Å². The van der Waals surface area contributed by atoms with Gasteiger partial charge in [-0.25, -0.2) is 9.59 Å². The van der Waals surface area contributed by atoms with E-state index in [0.717, 1.165) is 11.1 Å². The lowest BCUT2D eigenvalue weighted by Gasteiger charge is -2.05. The lowest BCUT2D eigenvalue weighted by molar-refractivity contribution is 0.565. The summed E-state index contributed by atoms with van der Waals surface area (Å²) in [4.78, 5) is 27.7. The predicted molar refractivity (Wildman–Crippen MR) is 77.8 cm³/mol. The molecular formula is C14H10N2O2S. The molecule has 94 valence electrons. The highest BCUT2D eigenvalue weighted by Gasteiger charge is 2.05. The van der Waals surface area contributed by atoms with Crippen LogP contribution < -0.4 is 0 Å². The van der Waals surface area contributed by atoms with E-state index < -0.39 is 0 Å². The standard InChI is InChI=1S/C14H8N2O2.H2S/c17-9-15-12-6-7-13(14(8-12)16-10-18)11-4-2-1-3-5-11;/h1-8H;1H2. The van der Waals surface area contributed by atoms with Gasteiger partial charge >= 0.3 is 0 Å². The number of rotatable bonds is 3. The van der Waals surface area contributed by atoms with E-state index in [1.165, 1.54) is 18.2 Å². The first-order valence-corrected chi connectivity index (χ1v) is 5.20. The van der Waals surface area contributed by atoms with Gasteiger partial charge in [-0.05, 0) is 17.7 Å². The van der Waals surface area contributed by atoms with E-state index in [-0.39, 0.29) is 13.5 Å². The number of hydrogen-bond donors (Lipinski definition) is 0. The maximum Gasteiger partial charge on any atom is 0.240 e. The molecule has 0 saturated carbocycles. The first-order valence-electron chi connectivity index (χ1n) is 5.20. The molecule has 0 aliphatic rings. The van der Waals surface area contributed by atoms with Gasteiger partial charge in [0.15, 0.2) is 0 Å². The Morgan fingerprint density at radius 3 is 2.16 bits per heavy atom. The van der Waals surface area contributed by atoms with E-state index >= 15 is 0 Å². The highest BCUT2D eigenvalue weighted by Crippen LogP contribution is 2.33. The molecule has 0 atom stereocenters. The van der Waals surface area contributed by atoms with Crippen molar-refractivity contribution in [1.82, 2.24) is 0 Å². The Labute approximate surface area is 117 Å². The molecule has 0 heterocycles. The van der Waals surface area contributed by atoms with Crippen molar-refractivity contribution in [3.8, 4) is 11.1 Å². The molecule has 0 N–H and O–H groups in total. The Balaban J connectivity index is 0.00000180. The van der Waals surface area contributed by atoms with E-state index in [2.05, 4.69) is 9.98 Å². The number of carbonyl (C=O) groups excluding carboxylic acids is 2. The summed E-state index contributed by atoms with van der Waals surface area (Å²) in [7, 11) is 0. The van der Waals surface area contributed by atoms with E-state index in [1.807, 2.05) is 30.3 Å². The molecule has 5 heteroatoms. The molecule has 2 rings (SSSR count). The molecule has 0 radical (unpaired) electrons. The quantitative estimate of drug-likeness (QED) is 0.634.